The summed E-state index contributed by atoms with van der Waals surface area (Å²) in [6.45, 7) is 0. The number of hydrogen-bond donors (Lipinski definition) is 1. The van der Waals surface area contributed by atoms with Gasteiger partial charge in [0.2, 0.25) is 0 Å². The van der Waals surface area contributed by atoms with Crippen LogP contribution in [0.25, 0.3) is 0 Å². The molecular formula is C16H14BrClN2O3. The largest absolute Gasteiger partial charge is 0.496 e. The Morgan fingerprint density at radius 2 is 1.91 bits per heavy atom. The molecule has 0 spiro atoms. The average Bonchev–Trinajstić information content (AvgIpc) is 2.55. The van der Waals surface area contributed by atoms with E-state index >= 15 is 0 Å². The molecule has 0 fully saturated rings. The van der Waals surface area contributed by atoms with Crippen molar-refractivity contribution in [2.75, 3.05) is 14.2 Å². The highest BCUT2D eigenvalue weighted by molar-refractivity contribution is 9.10. The molecule has 2 aromatic rings. The van der Waals surface area contributed by atoms with Crippen molar-refractivity contribution in [3.8, 4) is 11.5 Å². The maximum atomic E-state index is 12.0. The first-order valence-corrected chi connectivity index (χ1v) is 7.73. The van der Waals surface area contributed by atoms with E-state index < -0.39 is 5.91 Å². The van der Waals surface area contributed by atoms with Gasteiger partial charge < -0.3 is 9.47 Å². The molecule has 0 saturated carbocycles. The van der Waals surface area contributed by atoms with Gasteiger partial charge in [0, 0.05) is 11.6 Å². The molecule has 0 aliphatic rings. The maximum absolute atomic E-state index is 12.0. The van der Waals surface area contributed by atoms with Crippen LogP contribution >= 0.6 is 27.5 Å². The van der Waals surface area contributed by atoms with Gasteiger partial charge in [-0.2, -0.15) is 5.10 Å². The van der Waals surface area contributed by atoms with Gasteiger partial charge in [0.25, 0.3) is 5.91 Å². The molecule has 0 radical (unpaired) electrons. The number of hydrazone groups is 1. The number of ether oxygens (including phenoxy) is 2. The summed E-state index contributed by atoms with van der Waals surface area (Å²) < 4.78 is 11.2. The first kappa shape index (κ1) is 17.3. The SMILES string of the molecule is COc1cc(OC)c(C=NNC(=O)c2ccccc2Cl)cc1Br. The fourth-order valence-corrected chi connectivity index (χ4v) is 2.59. The summed E-state index contributed by atoms with van der Waals surface area (Å²) in [6, 6.07) is 10.3. The van der Waals surface area contributed by atoms with Gasteiger partial charge in [-0.05, 0) is 34.1 Å². The Morgan fingerprint density at radius 3 is 2.57 bits per heavy atom. The van der Waals surface area contributed by atoms with Crippen molar-refractivity contribution in [1.82, 2.24) is 5.43 Å². The summed E-state index contributed by atoms with van der Waals surface area (Å²) in [4.78, 5) is 12.0. The number of halogens is 2. The number of nitrogens with zero attached hydrogens (tertiary/aromatic N) is 1. The molecule has 5 nitrogen and oxygen atoms in total. The lowest BCUT2D eigenvalue weighted by molar-refractivity contribution is 0.0955. The Labute approximate surface area is 147 Å². The van der Waals surface area contributed by atoms with Crippen molar-refractivity contribution in [3.05, 3.63) is 57.0 Å². The lowest BCUT2D eigenvalue weighted by Gasteiger charge is -2.09. The normalized spacial score (nSPS) is 10.6. The standard InChI is InChI=1S/C16H14BrClN2O3/c1-22-14-8-15(23-2)12(17)7-10(14)9-19-20-16(21)11-5-3-4-6-13(11)18/h3-9H,1-2H3,(H,20,21). The average molecular weight is 398 g/mol. The molecule has 0 aromatic heterocycles. The third-order valence-electron chi connectivity index (χ3n) is 2.99. The molecule has 120 valence electrons. The van der Waals surface area contributed by atoms with E-state index in [2.05, 4.69) is 26.5 Å². The first-order valence-electron chi connectivity index (χ1n) is 6.56. The molecule has 0 atom stereocenters. The molecule has 1 amide bonds. The van der Waals surface area contributed by atoms with Crippen molar-refractivity contribution in [2.45, 2.75) is 0 Å². The van der Waals surface area contributed by atoms with E-state index in [0.717, 1.165) is 4.47 Å². The van der Waals surface area contributed by atoms with Gasteiger partial charge in [-0.15, -0.1) is 0 Å². The molecular weight excluding hydrogens is 384 g/mol. The monoisotopic (exact) mass is 396 g/mol. The van der Waals surface area contributed by atoms with E-state index in [4.69, 9.17) is 21.1 Å². The molecule has 2 rings (SSSR count). The molecule has 23 heavy (non-hydrogen) atoms. The van der Waals surface area contributed by atoms with Crippen molar-refractivity contribution in [1.29, 1.82) is 0 Å². The maximum Gasteiger partial charge on any atom is 0.272 e. The summed E-state index contributed by atoms with van der Waals surface area (Å²) in [5, 5.41) is 4.31. The Hall–Kier alpha value is -2.05. The smallest absolute Gasteiger partial charge is 0.272 e. The number of carbonyl (C=O) groups is 1. The Bertz CT molecular complexity index is 750. The second kappa shape index (κ2) is 7.99. The van der Waals surface area contributed by atoms with Crippen molar-refractivity contribution in [2.24, 2.45) is 5.10 Å². The highest BCUT2D eigenvalue weighted by Crippen LogP contribution is 2.31. The fraction of sp³-hybridized carbons (Fsp3) is 0.125. The zero-order chi connectivity index (χ0) is 16.8. The summed E-state index contributed by atoms with van der Waals surface area (Å²) in [5.41, 5.74) is 3.47. The second-order valence-electron chi connectivity index (χ2n) is 4.41. The van der Waals surface area contributed by atoms with Crippen LogP contribution in [0.1, 0.15) is 15.9 Å². The van der Waals surface area contributed by atoms with Gasteiger partial charge in [-0.25, -0.2) is 5.43 Å². The van der Waals surface area contributed by atoms with E-state index in [1.165, 1.54) is 6.21 Å². The molecule has 1 N–H and O–H groups in total. The molecule has 0 heterocycles. The summed E-state index contributed by atoms with van der Waals surface area (Å²) in [6.07, 6.45) is 1.48. The summed E-state index contributed by atoms with van der Waals surface area (Å²) in [7, 11) is 3.11. The van der Waals surface area contributed by atoms with Crippen LogP contribution in [0.5, 0.6) is 11.5 Å². The number of rotatable bonds is 5. The number of carbonyl (C=O) groups excluding carboxylic acids is 1. The van der Waals surface area contributed by atoms with Gasteiger partial charge >= 0.3 is 0 Å². The van der Waals surface area contributed by atoms with Crippen LogP contribution in [0.4, 0.5) is 0 Å². The van der Waals surface area contributed by atoms with Crippen LogP contribution in [0.3, 0.4) is 0 Å². The third kappa shape index (κ3) is 4.24. The van der Waals surface area contributed by atoms with E-state index in [9.17, 15) is 4.79 Å². The van der Waals surface area contributed by atoms with Crippen LogP contribution in [-0.2, 0) is 0 Å². The minimum atomic E-state index is -0.390. The molecule has 0 saturated heterocycles. The van der Waals surface area contributed by atoms with E-state index in [0.29, 0.717) is 27.6 Å². The van der Waals surface area contributed by atoms with E-state index in [1.54, 1.807) is 50.6 Å². The quantitative estimate of drug-likeness (QED) is 0.615. The Morgan fingerprint density at radius 1 is 1.22 bits per heavy atom. The number of nitrogens with one attached hydrogen (secondary N) is 1. The number of methoxy groups -OCH3 is 2. The summed E-state index contributed by atoms with van der Waals surface area (Å²) >= 11 is 9.35. The molecule has 0 unspecified atom stereocenters. The third-order valence-corrected chi connectivity index (χ3v) is 3.94. The lowest BCUT2D eigenvalue weighted by atomic mass is 10.2. The fourth-order valence-electron chi connectivity index (χ4n) is 1.85. The highest BCUT2D eigenvalue weighted by atomic mass is 79.9. The topological polar surface area (TPSA) is 59.9 Å². The predicted octanol–water partition coefficient (Wildman–Crippen LogP) is 3.88. The van der Waals surface area contributed by atoms with E-state index in [-0.39, 0.29) is 0 Å². The van der Waals surface area contributed by atoms with Crippen molar-refractivity contribution >= 4 is 39.7 Å². The molecule has 7 heteroatoms. The zero-order valence-electron chi connectivity index (χ0n) is 12.5. The van der Waals surface area contributed by atoms with Crippen LogP contribution in [0, 0.1) is 0 Å². The number of amides is 1. The molecule has 0 bridgehead atoms. The number of benzene rings is 2. The summed E-state index contributed by atoms with van der Waals surface area (Å²) in [5.74, 6) is 0.818. The molecule has 0 aliphatic carbocycles. The molecule has 2 aromatic carbocycles. The van der Waals surface area contributed by atoms with Gasteiger partial charge in [-0.1, -0.05) is 23.7 Å². The predicted molar refractivity (Wildman–Crippen MR) is 93.8 cm³/mol. The van der Waals surface area contributed by atoms with Crippen LogP contribution in [-0.4, -0.2) is 26.3 Å². The van der Waals surface area contributed by atoms with Crippen LogP contribution in [0.15, 0.2) is 46.0 Å². The second-order valence-corrected chi connectivity index (χ2v) is 5.67. The van der Waals surface area contributed by atoms with Gasteiger partial charge in [0.15, 0.2) is 0 Å². The van der Waals surface area contributed by atoms with Gasteiger partial charge in [0.1, 0.15) is 11.5 Å². The Balaban J connectivity index is 2.16. The Kier molecular flexibility index (Phi) is 6.01. The molecule has 0 aliphatic heterocycles. The van der Waals surface area contributed by atoms with Crippen molar-refractivity contribution in [3.63, 3.8) is 0 Å². The highest BCUT2D eigenvalue weighted by Gasteiger charge is 2.10. The zero-order valence-corrected chi connectivity index (χ0v) is 14.8. The lowest BCUT2D eigenvalue weighted by Crippen LogP contribution is -2.18. The number of hydrogen-bond acceptors (Lipinski definition) is 4. The van der Waals surface area contributed by atoms with Crippen LogP contribution < -0.4 is 14.9 Å². The van der Waals surface area contributed by atoms with E-state index in [1.807, 2.05) is 0 Å². The van der Waals surface area contributed by atoms with Crippen LogP contribution in [0.2, 0.25) is 5.02 Å². The van der Waals surface area contributed by atoms with Gasteiger partial charge in [-0.3, -0.25) is 4.79 Å². The van der Waals surface area contributed by atoms with Crippen molar-refractivity contribution < 1.29 is 14.3 Å². The minimum absolute atomic E-state index is 0.356. The minimum Gasteiger partial charge on any atom is -0.496 e. The van der Waals surface area contributed by atoms with Gasteiger partial charge in [0.05, 0.1) is 35.5 Å². The first-order chi connectivity index (χ1) is 11.1.